The highest BCUT2D eigenvalue weighted by Gasteiger charge is 2.24. The van der Waals surface area contributed by atoms with Crippen molar-refractivity contribution in [3.05, 3.63) is 50.8 Å². The van der Waals surface area contributed by atoms with Gasteiger partial charge in [-0.25, -0.2) is 9.78 Å². The van der Waals surface area contributed by atoms with Crippen LogP contribution < -0.4 is 10.9 Å². The minimum Gasteiger partial charge on any atom is -0.469 e. The molecule has 10 heteroatoms. The molecular formula is C18H19N3O6S. The highest BCUT2D eigenvalue weighted by atomic mass is 32.1. The first kappa shape index (κ1) is 19.8. The van der Waals surface area contributed by atoms with Gasteiger partial charge >= 0.3 is 11.9 Å². The van der Waals surface area contributed by atoms with Crippen molar-refractivity contribution < 1.29 is 23.5 Å². The lowest BCUT2D eigenvalue weighted by atomic mass is 10.1. The largest absolute Gasteiger partial charge is 0.469 e. The molecule has 2 N–H and O–H groups in total. The number of furan rings is 1. The van der Waals surface area contributed by atoms with Gasteiger partial charge in [-0.05, 0) is 19.1 Å². The zero-order chi connectivity index (χ0) is 20.3. The number of nitrogens with zero attached hydrogens (tertiary/aromatic N) is 1. The van der Waals surface area contributed by atoms with E-state index < -0.39 is 17.5 Å². The van der Waals surface area contributed by atoms with Gasteiger partial charge in [0.05, 0.1) is 44.9 Å². The van der Waals surface area contributed by atoms with Gasteiger partial charge in [-0.3, -0.25) is 9.59 Å². The van der Waals surface area contributed by atoms with Gasteiger partial charge in [-0.2, -0.15) is 0 Å². The Morgan fingerprint density at radius 1 is 1.36 bits per heavy atom. The number of thiophene rings is 1. The molecule has 0 spiro atoms. The average Bonchev–Trinajstić information content (AvgIpc) is 3.34. The van der Waals surface area contributed by atoms with Crippen molar-refractivity contribution >= 4 is 33.5 Å². The van der Waals surface area contributed by atoms with Gasteiger partial charge < -0.3 is 24.2 Å². The average molecular weight is 405 g/mol. The van der Waals surface area contributed by atoms with E-state index in [9.17, 15) is 14.4 Å². The Hall–Kier alpha value is -2.98. The van der Waals surface area contributed by atoms with Gasteiger partial charge in [0.2, 0.25) is 0 Å². The number of nitrogens with one attached hydrogen (secondary N) is 2. The number of carbonyl (C=O) groups excluding carboxylic acids is 2. The van der Waals surface area contributed by atoms with Crippen LogP contribution in [0.4, 0.5) is 0 Å². The maximum atomic E-state index is 12.6. The summed E-state index contributed by atoms with van der Waals surface area (Å²) in [5.41, 5.74) is -0.173. The van der Waals surface area contributed by atoms with Crippen LogP contribution in [0.25, 0.3) is 10.2 Å². The second-order valence-corrected chi connectivity index (χ2v) is 6.96. The Balaban J connectivity index is 1.95. The first-order valence-corrected chi connectivity index (χ1v) is 9.22. The highest BCUT2D eigenvalue weighted by Crippen LogP contribution is 2.29. The van der Waals surface area contributed by atoms with E-state index in [-0.39, 0.29) is 34.8 Å². The number of H-pyrrole nitrogens is 1. The molecule has 0 amide bonds. The van der Waals surface area contributed by atoms with Crippen LogP contribution in [0.2, 0.25) is 0 Å². The van der Waals surface area contributed by atoms with E-state index >= 15 is 0 Å². The summed E-state index contributed by atoms with van der Waals surface area (Å²) in [6.07, 6.45) is 1.36. The van der Waals surface area contributed by atoms with Gasteiger partial charge in [0.15, 0.2) is 0 Å². The number of aromatic nitrogens is 2. The van der Waals surface area contributed by atoms with Crippen molar-refractivity contribution in [2.45, 2.75) is 25.9 Å². The molecule has 0 radical (unpaired) electrons. The van der Waals surface area contributed by atoms with Gasteiger partial charge in [0.1, 0.15) is 21.3 Å². The molecule has 0 saturated carbocycles. The van der Waals surface area contributed by atoms with Crippen molar-refractivity contribution in [1.29, 1.82) is 0 Å². The van der Waals surface area contributed by atoms with Gasteiger partial charge in [0, 0.05) is 5.56 Å². The van der Waals surface area contributed by atoms with E-state index in [0.717, 1.165) is 17.1 Å². The zero-order valence-corrected chi connectivity index (χ0v) is 16.3. The van der Waals surface area contributed by atoms with Crippen LogP contribution in [-0.2, 0) is 27.2 Å². The summed E-state index contributed by atoms with van der Waals surface area (Å²) >= 11 is 1.01. The van der Waals surface area contributed by atoms with E-state index in [1.54, 1.807) is 12.3 Å². The molecule has 0 bridgehead atoms. The van der Waals surface area contributed by atoms with Gasteiger partial charge in [-0.1, -0.05) is 0 Å². The third-order valence-electron chi connectivity index (χ3n) is 4.18. The fourth-order valence-electron chi connectivity index (χ4n) is 2.72. The van der Waals surface area contributed by atoms with E-state index in [0.29, 0.717) is 10.7 Å². The highest BCUT2D eigenvalue weighted by molar-refractivity contribution is 7.20. The second kappa shape index (κ2) is 8.36. The Bertz CT molecular complexity index is 1050. The molecule has 28 heavy (non-hydrogen) atoms. The van der Waals surface area contributed by atoms with Crippen molar-refractivity contribution in [2.24, 2.45) is 0 Å². The van der Waals surface area contributed by atoms with Crippen molar-refractivity contribution in [1.82, 2.24) is 15.3 Å². The van der Waals surface area contributed by atoms with Crippen LogP contribution in [0.1, 0.15) is 39.8 Å². The van der Waals surface area contributed by atoms with Crippen LogP contribution >= 0.6 is 11.3 Å². The number of hydrogen-bond acceptors (Lipinski definition) is 9. The minimum atomic E-state index is -0.632. The molecule has 9 nitrogen and oxygen atoms in total. The molecule has 0 aliphatic carbocycles. The van der Waals surface area contributed by atoms with E-state index in [1.807, 2.05) is 13.0 Å². The standard InChI is InChI=1S/C18H19N3O6S/c1-9(11-5-4-6-27-11)19-8-12-20-16(23)14-10(7-13(22)25-2)15(18(24)26-3)28-17(14)21-12/h4-6,9,19H,7-8H2,1-3H3,(H,20,21,23)/t9-/m1/s1. The topological polar surface area (TPSA) is 124 Å². The number of aromatic amines is 1. The number of ether oxygens (including phenoxy) is 2. The lowest BCUT2D eigenvalue weighted by Crippen LogP contribution is -2.22. The number of esters is 2. The Labute approximate surface area is 163 Å². The number of fused-ring (bicyclic) bond motifs is 1. The Morgan fingerprint density at radius 3 is 2.79 bits per heavy atom. The van der Waals surface area contributed by atoms with Gasteiger partial charge in [-0.15, -0.1) is 11.3 Å². The van der Waals surface area contributed by atoms with Crippen molar-refractivity contribution in [3.63, 3.8) is 0 Å². The lowest BCUT2D eigenvalue weighted by Gasteiger charge is -2.10. The van der Waals surface area contributed by atoms with Crippen LogP contribution in [0, 0.1) is 0 Å². The quantitative estimate of drug-likeness (QED) is 0.572. The van der Waals surface area contributed by atoms with Crippen LogP contribution in [-0.4, -0.2) is 36.1 Å². The molecule has 3 aromatic rings. The number of methoxy groups -OCH3 is 2. The number of rotatable bonds is 7. The Kier molecular flexibility index (Phi) is 5.90. The molecule has 0 aromatic carbocycles. The fraction of sp³-hybridized carbons (Fsp3) is 0.333. The van der Waals surface area contributed by atoms with Crippen LogP contribution in [0.3, 0.4) is 0 Å². The first-order chi connectivity index (χ1) is 13.4. The molecule has 1 atom stereocenters. The third kappa shape index (κ3) is 3.97. The normalized spacial score (nSPS) is 12.1. The molecule has 0 fully saturated rings. The summed E-state index contributed by atoms with van der Waals surface area (Å²) in [6.45, 7) is 2.20. The molecule has 3 aromatic heterocycles. The van der Waals surface area contributed by atoms with Crippen molar-refractivity contribution in [3.8, 4) is 0 Å². The Morgan fingerprint density at radius 2 is 2.14 bits per heavy atom. The molecule has 148 valence electrons. The fourth-order valence-corrected chi connectivity index (χ4v) is 3.85. The third-order valence-corrected chi connectivity index (χ3v) is 5.28. The second-order valence-electron chi connectivity index (χ2n) is 5.97. The molecule has 3 rings (SSSR count). The summed E-state index contributed by atoms with van der Waals surface area (Å²) in [5.74, 6) is -0.0410. The maximum Gasteiger partial charge on any atom is 0.348 e. The summed E-state index contributed by atoms with van der Waals surface area (Å²) in [6, 6.07) is 3.56. The zero-order valence-electron chi connectivity index (χ0n) is 15.5. The smallest absolute Gasteiger partial charge is 0.348 e. The predicted octanol–water partition coefficient (Wildman–Crippen LogP) is 1.93. The summed E-state index contributed by atoms with van der Waals surface area (Å²) in [5, 5.41) is 3.40. The van der Waals surface area contributed by atoms with E-state index in [1.165, 1.54) is 14.2 Å². The van der Waals surface area contributed by atoms with Crippen LogP contribution in [0.15, 0.2) is 27.6 Å². The molecule has 0 saturated heterocycles. The van der Waals surface area contributed by atoms with Gasteiger partial charge in [0.25, 0.3) is 5.56 Å². The molecular weight excluding hydrogens is 386 g/mol. The minimum absolute atomic E-state index is 0.0835. The summed E-state index contributed by atoms with van der Waals surface area (Å²) in [7, 11) is 2.47. The maximum absolute atomic E-state index is 12.6. The molecule has 3 heterocycles. The number of hydrogen-bond donors (Lipinski definition) is 2. The number of carbonyl (C=O) groups is 2. The SMILES string of the molecule is COC(=O)Cc1c(C(=O)OC)sc2nc(CN[C@H](C)c3ccco3)[nH]c(=O)c12. The molecule has 0 aliphatic rings. The van der Waals surface area contributed by atoms with Crippen LogP contribution in [0.5, 0.6) is 0 Å². The monoisotopic (exact) mass is 405 g/mol. The summed E-state index contributed by atoms with van der Waals surface area (Å²) in [4.78, 5) is 44.1. The molecule has 0 unspecified atom stereocenters. The molecule has 0 aliphatic heterocycles. The predicted molar refractivity (Wildman–Crippen MR) is 101 cm³/mol. The van der Waals surface area contributed by atoms with Crippen molar-refractivity contribution in [2.75, 3.05) is 14.2 Å². The summed E-state index contributed by atoms with van der Waals surface area (Å²) < 4.78 is 14.8. The lowest BCUT2D eigenvalue weighted by molar-refractivity contribution is -0.139. The van der Waals surface area contributed by atoms with E-state index in [4.69, 9.17) is 9.15 Å². The first-order valence-electron chi connectivity index (χ1n) is 8.41. The van der Waals surface area contributed by atoms with E-state index in [2.05, 4.69) is 20.0 Å².